The van der Waals surface area contributed by atoms with Gasteiger partial charge in [-0.1, -0.05) is 12.1 Å². The number of benzene rings is 1. The monoisotopic (exact) mass is 545 g/mol. The molecule has 3 heterocycles. The summed E-state index contributed by atoms with van der Waals surface area (Å²) < 4.78 is 37.8. The number of sulfonamides is 1. The zero-order chi connectivity index (χ0) is 27.3. The Morgan fingerprint density at radius 3 is 2.71 bits per heavy atom. The first-order chi connectivity index (χ1) is 18.2. The van der Waals surface area contributed by atoms with Crippen LogP contribution in [-0.2, 0) is 32.7 Å². The minimum atomic E-state index is -3.82. The van der Waals surface area contributed by atoms with Crippen molar-refractivity contribution in [2.75, 3.05) is 26.7 Å². The lowest BCUT2D eigenvalue weighted by atomic mass is 10.0. The average molecular weight is 546 g/mol. The number of rotatable bonds is 7. The lowest BCUT2D eigenvalue weighted by Gasteiger charge is -2.35. The zero-order valence-corrected chi connectivity index (χ0v) is 22.7. The summed E-state index contributed by atoms with van der Waals surface area (Å²) in [7, 11) is -2.30. The van der Waals surface area contributed by atoms with Crippen molar-refractivity contribution in [2.45, 2.75) is 56.9 Å². The van der Waals surface area contributed by atoms with E-state index in [1.807, 2.05) is 6.92 Å². The fraction of sp³-hybridized carbons (Fsp3) is 0.520. The average Bonchev–Trinajstić information content (AvgIpc) is 3.61. The predicted octanol–water partition coefficient (Wildman–Crippen LogP) is 1.31. The summed E-state index contributed by atoms with van der Waals surface area (Å²) in [6.45, 7) is 4.67. The van der Waals surface area contributed by atoms with E-state index in [2.05, 4.69) is 15.4 Å². The molecular formula is C25H35N7O5S. The number of aryl methyl sites for hydroxylation is 1. The first-order valence-corrected chi connectivity index (χ1v) is 14.1. The molecule has 4 rings (SSSR count). The van der Waals surface area contributed by atoms with Crippen LogP contribution in [0.4, 0.5) is 0 Å². The maximum absolute atomic E-state index is 13.4. The molecule has 0 unspecified atom stereocenters. The number of carbonyl (C=O) groups excluding carboxylic acids is 1. The van der Waals surface area contributed by atoms with E-state index in [1.165, 1.54) is 11.4 Å². The third kappa shape index (κ3) is 6.29. The molecule has 0 fully saturated rings. The number of fused-ring (bicyclic) bond motifs is 1. The number of aromatic nitrogens is 5. The Balaban J connectivity index is 1.56. The lowest BCUT2D eigenvalue weighted by molar-refractivity contribution is -0.136. The van der Waals surface area contributed by atoms with E-state index < -0.39 is 16.1 Å². The molecule has 1 aromatic carbocycles. The van der Waals surface area contributed by atoms with E-state index in [9.17, 15) is 18.3 Å². The van der Waals surface area contributed by atoms with Gasteiger partial charge in [0.25, 0.3) is 0 Å². The minimum Gasteiger partial charge on any atom is -0.394 e. The summed E-state index contributed by atoms with van der Waals surface area (Å²) in [4.78, 5) is 14.8. The normalized spacial score (nSPS) is 20.6. The van der Waals surface area contributed by atoms with E-state index in [0.717, 1.165) is 11.4 Å². The highest BCUT2D eigenvalue weighted by molar-refractivity contribution is 7.89. The molecular weight excluding hydrogens is 510 g/mol. The topological polar surface area (TPSA) is 136 Å². The van der Waals surface area contributed by atoms with Crippen LogP contribution in [0, 0.1) is 5.92 Å². The smallest absolute Gasteiger partial charge is 0.242 e. The third-order valence-electron chi connectivity index (χ3n) is 6.89. The van der Waals surface area contributed by atoms with Gasteiger partial charge in [-0.2, -0.15) is 9.40 Å². The van der Waals surface area contributed by atoms with Crippen LogP contribution in [0.3, 0.4) is 0 Å². The highest BCUT2D eigenvalue weighted by atomic mass is 32.2. The van der Waals surface area contributed by atoms with Gasteiger partial charge in [0.1, 0.15) is 0 Å². The van der Waals surface area contributed by atoms with Crippen LogP contribution in [0.25, 0.3) is 5.69 Å². The highest BCUT2D eigenvalue weighted by Gasteiger charge is 2.31. The van der Waals surface area contributed by atoms with Crippen molar-refractivity contribution in [1.29, 1.82) is 0 Å². The van der Waals surface area contributed by atoms with E-state index >= 15 is 0 Å². The molecule has 3 atom stereocenters. The Kier molecular flexibility index (Phi) is 8.92. The Labute approximate surface area is 222 Å². The number of nitrogens with zero attached hydrogens (tertiary/aromatic N) is 7. The first kappa shape index (κ1) is 27.9. The van der Waals surface area contributed by atoms with Crippen LogP contribution in [0.1, 0.15) is 32.4 Å². The summed E-state index contributed by atoms with van der Waals surface area (Å²) >= 11 is 0. The highest BCUT2D eigenvalue weighted by Crippen LogP contribution is 2.22. The van der Waals surface area contributed by atoms with Gasteiger partial charge in [0.2, 0.25) is 15.9 Å². The molecule has 12 nitrogen and oxygen atoms in total. The van der Waals surface area contributed by atoms with E-state index in [4.69, 9.17) is 4.74 Å². The number of hydrogen-bond acceptors (Lipinski definition) is 8. The van der Waals surface area contributed by atoms with E-state index in [-0.39, 0.29) is 42.5 Å². The van der Waals surface area contributed by atoms with Gasteiger partial charge in [0.05, 0.1) is 47.8 Å². The Morgan fingerprint density at radius 1 is 1.26 bits per heavy atom. The first-order valence-electron chi connectivity index (χ1n) is 12.7. The van der Waals surface area contributed by atoms with Crippen molar-refractivity contribution in [3.05, 3.63) is 54.6 Å². The van der Waals surface area contributed by atoms with E-state index in [0.29, 0.717) is 25.9 Å². The van der Waals surface area contributed by atoms with Crippen molar-refractivity contribution in [3.8, 4) is 5.69 Å². The van der Waals surface area contributed by atoms with Crippen molar-refractivity contribution in [1.82, 2.24) is 34.0 Å². The molecule has 1 aliphatic rings. The number of ether oxygens (including phenoxy) is 1. The molecule has 206 valence electrons. The summed E-state index contributed by atoms with van der Waals surface area (Å²) in [5, 5.41) is 22.0. The molecule has 0 radical (unpaired) electrons. The fourth-order valence-electron chi connectivity index (χ4n) is 4.47. The molecule has 1 amide bonds. The summed E-state index contributed by atoms with van der Waals surface area (Å²) in [5.41, 5.74) is 1.51. The third-order valence-corrected chi connectivity index (χ3v) is 8.73. The fourth-order valence-corrected chi connectivity index (χ4v) is 5.65. The van der Waals surface area contributed by atoms with Crippen molar-refractivity contribution >= 4 is 15.9 Å². The van der Waals surface area contributed by atoms with Crippen LogP contribution in [0.2, 0.25) is 0 Å². The maximum atomic E-state index is 13.4. The number of hydrogen-bond donors (Lipinski definition) is 1. The molecule has 0 saturated carbocycles. The van der Waals surface area contributed by atoms with Gasteiger partial charge in [-0.05, 0) is 43.7 Å². The molecule has 0 aliphatic carbocycles. The van der Waals surface area contributed by atoms with Crippen molar-refractivity contribution in [3.63, 3.8) is 0 Å². The molecule has 1 N–H and O–H groups in total. The Bertz CT molecular complexity index is 1290. The predicted molar refractivity (Wildman–Crippen MR) is 139 cm³/mol. The summed E-state index contributed by atoms with van der Waals surface area (Å²) in [6, 6.07) is 7.95. The van der Waals surface area contributed by atoms with Gasteiger partial charge >= 0.3 is 0 Å². The van der Waals surface area contributed by atoms with Gasteiger partial charge in [0.15, 0.2) is 0 Å². The van der Waals surface area contributed by atoms with Crippen molar-refractivity contribution < 1.29 is 23.1 Å². The second-order valence-corrected chi connectivity index (χ2v) is 11.7. The SMILES string of the molecule is C[C@H]1CN([C@@H](C)CO)C(=O)CCCn2nncc2CO[C@@H]1CN(C)S(=O)(=O)c1ccc(-n2cccn2)cc1. The van der Waals surface area contributed by atoms with Gasteiger partial charge in [0, 0.05) is 51.4 Å². The van der Waals surface area contributed by atoms with Crippen LogP contribution < -0.4 is 0 Å². The lowest BCUT2D eigenvalue weighted by Crippen LogP contribution is -2.47. The van der Waals surface area contributed by atoms with Gasteiger partial charge in [-0.15, -0.1) is 5.10 Å². The van der Waals surface area contributed by atoms with E-state index in [1.54, 1.807) is 70.1 Å². The maximum Gasteiger partial charge on any atom is 0.242 e. The minimum absolute atomic E-state index is 0.0709. The van der Waals surface area contributed by atoms with Crippen LogP contribution >= 0.6 is 0 Å². The Hall–Kier alpha value is -3.13. The standard InChI is InChI=1S/C25H35N7O5S/c1-19-15-30(20(2)17-33)25(34)6-4-12-32-22(14-26-28-32)18-37-24(19)16-29(3)38(35,36)23-9-7-21(8-10-23)31-13-5-11-27-31/h5,7-11,13-14,19-20,24,33H,4,6,12,15-18H2,1-3H3/t19-,20-,24+/m0/s1. The largest absolute Gasteiger partial charge is 0.394 e. The molecule has 1 aliphatic heterocycles. The number of carbonyl (C=O) groups is 1. The second kappa shape index (κ2) is 12.2. The van der Waals surface area contributed by atoms with Crippen LogP contribution in [0.5, 0.6) is 0 Å². The van der Waals surface area contributed by atoms with Crippen molar-refractivity contribution in [2.24, 2.45) is 5.92 Å². The number of aliphatic hydroxyl groups is 1. The number of aliphatic hydroxyl groups excluding tert-OH is 1. The molecule has 2 aromatic heterocycles. The summed E-state index contributed by atoms with van der Waals surface area (Å²) in [6.07, 6.45) is 5.41. The molecule has 0 saturated heterocycles. The zero-order valence-electron chi connectivity index (χ0n) is 21.9. The molecule has 0 spiro atoms. The Morgan fingerprint density at radius 2 is 2.03 bits per heavy atom. The number of likely N-dealkylation sites (N-methyl/N-ethyl adjacent to an activating group) is 1. The molecule has 3 aromatic rings. The quantitative estimate of drug-likeness (QED) is 0.469. The molecule has 0 bridgehead atoms. The number of amides is 1. The van der Waals surface area contributed by atoms with Crippen LogP contribution in [0.15, 0.2) is 53.8 Å². The van der Waals surface area contributed by atoms with Gasteiger partial charge in [-0.3, -0.25) is 4.79 Å². The van der Waals surface area contributed by atoms with Crippen LogP contribution in [-0.4, -0.2) is 92.3 Å². The molecule has 13 heteroatoms. The van der Waals surface area contributed by atoms with Gasteiger partial charge in [-0.25, -0.2) is 17.8 Å². The molecule has 38 heavy (non-hydrogen) atoms. The second-order valence-electron chi connectivity index (χ2n) is 9.69. The summed E-state index contributed by atoms with van der Waals surface area (Å²) in [5.74, 6) is -0.297. The van der Waals surface area contributed by atoms with Gasteiger partial charge < -0.3 is 14.7 Å².